The summed E-state index contributed by atoms with van der Waals surface area (Å²) in [6, 6.07) is 3.89. The molecule has 8 heteroatoms. The number of nitrogen functional groups attached to an aromatic ring is 1. The quantitative estimate of drug-likeness (QED) is 0.890. The summed E-state index contributed by atoms with van der Waals surface area (Å²) < 4.78 is 14.6. The van der Waals surface area contributed by atoms with Crippen molar-refractivity contribution in [3.05, 3.63) is 40.3 Å². The minimum Gasteiger partial charge on any atom is -0.383 e. The minimum absolute atomic E-state index is 0.0893. The van der Waals surface area contributed by atoms with Gasteiger partial charge in [-0.15, -0.1) is 0 Å². The Hall–Kier alpha value is -2.41. The number of nitrogens with zero attached hydrogens (tertiary/aromatic N) is 2. The summed E-state index contributed by atoms with van der Waals surface area (Å²) in [7, 11) is 1.64. The van der Waals surface area contributed by atoms with Gasteiger partial charge in [-0.3, -0.25) is 14.3 Å². The lowest BCUT2D eigenvalue weighted by molar-refractivity contribution is -0.117. The predicted octanol–water partition coefficient (Wildman–Crippen LogP) is 2.88. The number of nitrogens with two attached hydrogens (primary N) is 1. The molecule has 0 bridgehead atoms. The second-order valence-corrected chi connectivity index (χ2v) is 6.24. The van der Waals surface area contributed by atoms with Crippen molar-refractivity contribution in [2.45, 2.75) is 25.2 Å². The van der Waals surface area contributed by atoms with E-state index < -0.39 is 11.7 Å². The van der Waals surface area contributed by atoms with E-state index in [9.17, 15) is 14.0 Å². The monoisotopic (exact) mass is 350 g/mol. The summed E-state index contributed by atoms with van der Waals surface area (Å²) >= 11 is 5.72. The molecule has 2 aromatic rings. The smallest absolute Gasteiger partial charge is 0.261 e. The Balaban J connectivity index is 1.91. The Morgan fingerprint density at radius 2 is 2.25 bits per heavy atom. The first-order valence-corrected chi connectivity index (χ1v) is 7.85. The fourth-order valence-electron chi connectivity index (χ4n) is 2.89. The average molecular weight is 351 g/mol. The molecular formula is C16H16ClFN4O2. The SMILES string of the molecule is Cn1nc(C2CCC(=O)C2)c(C(=O)Nc2ccc(F)c(Cl)c2)c1N. The number of Topliss-reactive ketones (excluding diaryl/α,β-unsaturated/α-hetero) is 1. The Kier molecular flexibility index (Phi) is 4.28. The Morgan fingerprint density at radius 1 is 1.50 bits per heavy atom. The molecule has 1 aromatic heterocycles. The minimum atomic E-state index is -0.569. The molecule has 6 nitrogen and oxygen atoms in total. The lowest BCUT2D eigenvalue weighted by Gasteiger charge is -2.10. The molecule has 0 aliphatic heterocycles. The van der Waals surface area contributed by atoms with Crippen molar-refractivity contribution in [1.82, 2.24) is 9.78 Å². The second kappa shape index (κ2) is 6.24. The van der Waals surface area contributed by atoms with E-state index in [0.717, 1.165) is 0 Å². The highest BCUT2D eigenvalue weighted by atomic mass is 35.5. The van der Waals surface area contributed by atoms with Crippen molar-refractivity contribution in [2.75, 3.05) is 11.1 Å². The summed E-state index contributed by atoms with van der Waals surface area (Å²) in [5.74, 6) is -0.771. The number of hydrogen-bond acceptors (Lipinski definition) is 4. The molecule has 1 amide bonds. The van der Waals surface area contributed by atoms with Crippen molar-refractivity contribution in [3.63, 3.8) is 0 Å². The van der Waals surface area contributed by atoms with Crippen LogP contribution in [0.25, 0.3) is 0 Å². The van der Waals surface area contributed by atoms with Gasteiger partial charge in [-0.2, -0.15) is 5.10 Å². The molecule has 24 heavy (non-hydrogen) atoms. The molecule has 1 atom stereocenters. The highest BCUT2D eigenvalue weighted by molar-refractivity contribution is 6.31. The van der Waals surface area contributed by atoms with Crippen molar-refractivity contribution in [3.8, 4) is 0 Å². The van der Waals surface area contributed by atoms with Crippen LogP contribution >= 0.6 is 11.6 Å². The summed E-state index contributed by atoms with van der Waals surface area (Å²) in [6.07, 6.45) is 1.49. The van der Waals surface area contributed by atoms with Crippen molar-refractivity contribution in [2.24, 2.45) is 7.05 Å². The number of hydrogen-bond donors (Lipinski definition) is 2. The number of nitrogens with one attached hydrogen (secondary N) is 1. The van der Waals surface area contributed by atoms with Crippen LogP contribution in [-0.2, 0) is 11.8 Å². The first-order valence-electron chi connectivity index (χ1n) is 7.47. The van der Waals surface area contributed by atoms with E-state index in [2.05, 4.69) is 10.4 Å². The number of benzene rings is 1. The maximum Gasteiger partial charge on any atom is 0.261 e. The Bertz CT molecular complexity index is 834. The van der Waals surface area contributed by atoms with Crippen LogP contribution in [-0.4, -0.2) is 21.5 Å². The highest BCUT2D eigenvalue weighted by Crippen LogP contribution is 2.35. The van der Waals surface area contributed by atoms with Crippen molar-refractivity contribution >= 4 is 34.8 Å². The third-order valence-corrected chi connectivity index (χ3v) is 4.45. The normalized spacial score (nSPS) is 17.3. The van der Waals surface area contributed by atoms with Crippen LogP contribution < -0.4 is 11.1 Å². The van der Waals surface area contributed by atoms with Crippen LogP contribution in [0.2, 0.25) is 5.02 Å². The van der Waals surface area contributed by atoms with E-state index in [1.807, 2.05) is 0 Å². The summed E-state index contributed by atoms with van der Waals surface area (Å²) in [6.45, 7) is 0. The van der Waals surface area contributed by atoms with E-state index in [0.29, 0.717) is 30.6 Å². The molecule has 1 heterocycles. The lowest BCUT2D eigenvalue weighted by atomic mass is 9.99. The van der Waals surface area contributed by atoms with Crippen LogP contribution in [0.5, 0.6) is 0 Å². The van der Waals surface area contributed by atoms with Gasteiger partial charge in [-0.05, 0) is 24.6 Å². The summed E-state index contributed by atoms with van der Waals surface area (Å²) in [5.41, 5.74) is 7.10. The topological polar surface area (TPSA) is 90.0 Å². The standard InChI is InChI=1S/C16H16ClFN4O2/c1-22-15(19)13(14(21-22)8-2-4-10(23)6-8)16(24)20-9-3-5-12(18)11(17)7-9/h3,5,7-8H,2,4,6,19H2,1H3,(H,20,24). The highest BCUT2D eigenvalue weighted by Gasteiger charge is 2.32. The zero-order valence-corrected chi connectivity index (χ0v) is 13.7. The molecule has 1 fully saturated rings. The zero-order chi connectivity index (χ0) is 17.4. The number of amides is 1. The zero-order valence-electron chi connectivity index (χ0n) is 13.0. The first kappa shape index (κ1) is 16.4. The van der Waals surface area contributed by atoms with Crippen LogP contribution in [0.15, 0.2) is 18.2 Å². The molecule has 126 valence electrons. The number of anilines is 2. The number of aryl methyl sites for hydroxylation is 1. The maximum absolute atomic E-state index is 13.2. The van der Waals surface area contributed by atoms with Gasteiger partial charge in [0.05, 0.1) is 10.7 Å². The number of rotatable bonds is 3. The molecule has 1 aliphatic rings. The molecule has 3 N–H and O–H groups in total. The van der Waals surface area contributed by atoms with Gasteiger partial charge in [-0.25, -0.2) is 4.39 Å². The van der Waals surface area contributed by atoms with Gasteiger partial charge >= 0.3 is 0 Å². The predicted molar refractivity (Wildman–Crippen MR) is 88.6 cm³/mol. The van der Waals surface area contributed by atoms with E-state index in [1.165, 1.54) is 22.9 Å². The van der Waals surface area contributed by atoms with Gasteiger partial charge in [-0.1, -0.05) is 11.6 Å². The molecule has 1 unspecified atom stereocenters. The molecular weight excluding hydrogens is 335 g/mol. The average Bonchev–Trinajstić information content (AvgIpc) is 3.07. The van der Waals surface area contributed by atoms with E-state index in [-0.39, 0.29) is 28.1 Å². The van der Waals surface area contributed by atoms with Crippen molar-refractivity contribution in [1.29, 1.82) is 0 Å². The molecule has 0 radical (unpaired) electrons. The van der Waals surface area contributed by atoms with E-state index in [1.54, 1.807) is 7.05 Å². The number of halogens is 2. The van der Waals surface area contributed by atoms with Crippen LogP contribution in [0, 0.1) is 5.82 Å². The molecule has 0 spiro atoms. The third kappa shape index (κ3) is 2.99. The number of ketones is 1. The van der Waals surface area contributed by atoms with Gasteiger partial charge in [0.1, 0.15) is 23.0 Å². The van der Waals surface area contributed by atoms with Gasteiger partial charge in [0.2, 0.25) is 0 Å². The number of carbonyl (C=O) groups is 2. The fraction of sp³-hybridized carbons (Fsp3) is 0.312. The molecule has 1 aromatic carbocycles. The van der Waals surface area contributed by atoms with Crippen LogP contribution in [0.3, 0.4) is 0 Å². The van der Waals surface area contributed by atoms with Gasteiger partial charge in [0.25, 0.3) is 5.91 Å². The van der Waals surface area contributed by atoms with E-state index in [4.69, 9.17) is 17.3 Å². The maximum atomic E-state index is 13.2. The van der Waals surface area contributed by atoms with Crippen LogP contribution in [0.4, 0.5) is 15.9 Å². The van der Waals surface area contributed by atoms with E-state index >= 15 is 0 Å². The fourth-order valence-corrected chi connectivity index (χ4v) is 3.07. The molecule has 1 aliphatic carbocycles. The number of carbonyl (C=O) groups excluding carboxylic acids is 2. The van der Waals surface area contributed by atoms with Crippen LogP contribution in [0.1, 0.15) is 41.2 Å². The number of aromatic nitrogens is 2. The second-order valence-electron chi connectivity index (χ2n) is 5.83. The van der Waals surface area contributed by atoms with Gasteiger partial charge in [0.15, 0.2) is 0 Å². The Morgan fingerprint density at radius 3 is 2.88 bits per heavy atom. The summed E-state index contributed by atoms with van der Waals surface area (Å²) in [4.78, 5) is 24.2. The molecule has 0 saturated heterocycles. The summed E-state index contributed by atoms with van der Waals surface area (Å²) in [5, 5.41) is 6.87. The van der Waals surface area contributed by atoms with Gasteiger partial charge < -0.3 is 11.1 Å². The van der Waals surface area contributed by atoms with Gasteiger partial charge in [0, 0.05) is 31.5 Å². The molecule has 3 rings (SSSR count). The lowest BCUT2D eigenvalue weighted by Crippen LogP contribution is -2.16. The largest absolute Gasteiger partial charge is 0.383 e. The first-order chi connectivity index (χ1) is 11.4. The third-order valence-electron chi connectivity index (χ3n) is 4.16. The van der Waals surface area contributed by atoms with Crippen molar-refractivity contribution < 1.29 is 14.0 Å². The molecule has 1 saturated carbocycles. The Labute approximate surface area is 142 Å².